The number of rotatable bonds is 4. The fraction of sp³-hybridized carbons (Fsp3) is 0.190. The average molecular weight is 406 g/mol. The Morgan fingerprint density at radius 3 is 2.83 bits per heavy atom. The summed E-state index contributed by atoms with van der Waals surface area (Å²) >= 11 is 1.31. The second kappa shape index (κ2) is 7.62. The number of hydrogen-bond acceptors (Lipinski definition) is 7. The van der Waals surface area contributed by atoms with Crippen LogP contribution in [0.2, 0.25) is 0 Å². The van der Waals surface area contributed by atoms with Crippen molar-refractivity contribution in [2.75, 3.05) is 12.4 Å². The number of nitriles is 1. The lowest BCUT2D eigenvalue weighted by Crippen LogP contribution is -2.21. The Morgan fingerprint density at radius 1 is 1.34 bits per heavy atom. The van der Waals surface area contributed by atoms with Crippen molar-refractivity contribution >= 4 is 23.4 Å². The molecule has 3 heterocycles. The van der Waals surface area contributed by atoms with Crippen LogP contribution in [0, 0.1) is 18.3 Å². The first-order valence-corrected chi connectivity index (χ1v) is 9.77. The number of furan rings is 1. The Hall–Kier alpha value is -3.28. The second-order valence-corrected chi connectivity index (χ2v) is 7.62. The zero-order valence-corrected chi connectivity index (χ0v) is 16.6. The molecule has 7 nitrogen and oxygen atoms in total. The van der Waals surface area contributed by atoms with Gasteiger partial charge in [-0.2, -0.15) is 5.26 Å². The number of hydrogen-bond donors (Lipinski definition) is 2. The van der Waals surface area contributed by atoms with E-state index < -0.39 is 11.3 Å². The number of nitrogens with one attached hydrogen (secondary N) is 1. The van der Waals surface area contributed by atoms with Crippen molar-refractivity contribution in [2.45, 2.75) is 23.2 Å². The Bertz CT molecular complexity index is 1120. The Balaban J connectivity index is 1.87. The van der Waals surface area contributed by atoms with Crippen LogP contribution in [-0.4, -0.2) is 23.3 Å². The molecule has 0 unspecified atom stereocenters. The van der Waals surface area contributed by atoms with Gasteiger partial charge in [-0.1, -0.05) is 23.9 Å². The molecule has 1 aliphatic rings. The molecule has 1 aromatic carbocycles. The summed E-state index contributed by atoms with van der Waals surface area (Å²) < 4.78 is 10.9. The lowest BCUT2D eigenvalue weighted by molar-refractivity contribution is 0.102. The summed E-state index contributed by atoms with van der Waals surface area (Å²) in [6, 6.07) is 12.3. The molecule has 4 rings (SSSR count). The molecule has 2 atom stereocenters. The number of nitrogens with zero attached hydrogens (tertiary/aromatic N) is 2. The maximum atomic E-state index is 13.3. The molecule has 8 heteroatoms. The normalized spacial score (nSPS) is 17.4. The van der Waals surface area contributed by atoms with Gasteiger partial charge in [-0.25, -0.2) is 4.98 Å². The number of aryl methyl sites for hydroxylation is 1. The first-order chi connectivity index (χ1) is 14.0. The largest absolute Gasteiger partial charge is 0.495 e. The predicted octanol–water partition coefficient (Wildman–Crippen LogP) is 3.91. The van der Waals surface area contributed by atoms with Crippen molar-refractivity contribution < 1.29 is 13.9 Å². The fourth-order valence-corrected chi connectivity index (χ4v) is 4.56. The minimum absolute atomic E-state index is 0.355. The summed E-state index contributed by atoms with van der Waals surface area (Å²) in [7, 11) is 1.54. The second-order valence-electron chi connectivity index (χ2n) is 6.49. The molecule has 0 radical (unpaired) electrons. The smallest absolute Gasteiger partial charge is 0.258 e. The number of nitrogens with two attached hydrogens (primary N) is 1. The van der Waals surface area contributed by atoms with Gasteiger partial charge in [-0.15, -0.1) is 0 Å². The van der Waals surface area contributed by atoms with Crippen molar-refractivity contribution in [1.29, 1.82) is 5.26 Å². The van der Waals surface area contributed by atoms with Crippen LogP contribution in [0.25, 0.3) is 11.3 Å². The van der Waals surface area contributed by atoms with Gasteiger partial charge in [-0.05, 0) is 31.2 Å². The molecule has 0 fully saturated rings. The molecule has 3 N–H and O–H groups in total. The van der Waals surface area contributed by atoms with E-state index in [9.17, 15) is 10.1 Å². The molecule has 0 aliphatic carbocycles. The minimum atomic E-state index is -0.578. The fourth-order valence-electron chi connectivity index (χ4n) is 3.43. The summed E-state index contributed by atoms with van der Waals surface area (Å²) in [5.74, 6) is 0.696. The summed E-state index contributed by atoms with van der Waals surface area (Å²) in [6.45, 7) is 1.76. The van der Waals surface area contributed by atoms with E-state index in [0.29, 0.717) is 44.6 Å². The highest BCUT2D eigenvalue weighted by Gasteiger charge is 2.38. The van der Waals surface area contributed by atoms with Crippen LogP contribution < -0.4 is 15.8 Å². The van der Waals surface area contributed by atoms with Crippen LogP contribution in [0.1, 0.15) is 27.7 Å². The third kappa shape index (κ3) is 3.24. The summed E-state index contributed by atoms with van der Waals surface area (Å²) in [5.41, 5.74) is 9.01. The molecule has 3 aromatic rings. The van der Waals surface area contributed by atoms with E-state index in [1.807, 2.05) is 12.1 Å². The number of anilines is 1. The summed E-state index contributed by atoms with van der Waals surface area (Å²) in [5, 5.41) is 12.5. The minimum Gasteiger partial charge on any atom is -0.495 e. The number of methoxy groups -OCH3 is 1. The lowest BCUT2D eigenvalue weighted by atomic mass is 9.93. The summed E-state index contributed by atoms with van der Waals surface area (Å²) in [4.78, 5) is 17.9. The topological polar surface area (TPSA) is 114 Å². The molecular weight excluding hydrogens is 388 g/mol. The number of amides is 1. The number of carbonyl (C=O) groups is 1. The maximum Gasteiger partial charge on any atom is 0.258 e. The van der Waals surface area contributed by atoms with E-state index in [4.69, 9.17) is 14.9 Å². The SMILES string of the molecule is COc1ccccc1NC(=O)c1c(C)nc2c(c1-c1ccco1)[C@@H](N)[C@@H](C#N)S2. The number of benzene rings is 1. The third-order valence-electron chi connectivity index (χ3n) is 4.76. The number of fused-ring (bicyclic) bond motifs is 1. The number of pyridine rings is 1. The van der Waals surface area contributed by atoms with Crippen LogP contribution in [0.4, 0.5) is 5.69 Å². The molecule has 1 aliphatic heterocycles. The zero-order chi connectivity index (χ0) is 20.5. The monoisotopic (exact) mass is 406 g/mol. The molecule has 0 saturated carbocycles. The standard InChI is InChI=1S/C21H18N4O3S/c1-11-16(20(26)25-12-6-3-4-7-13(12)27-2)17(14-8-5-9-28-14)18-19(23)15(10-22)29-21(18)24-11/h3-9,15,19H,23H2,1-2H3,(H,25,26)/t15-,19+/m1/s1. The zero-order valence-electron chi connectivity index (χ0n) is 15.8. The molecule has 146 valence electrons. The van der Waals surface area contributed by atoms with Crippen molar-refractivity contribution in [1.82, 2.24) is 4.98 Å². The van der Waals surface area contributed by atoms with Crippen LogP contribution in [-0.2, 0) is 0 Å². The van der Waals surface area contributed by atoms with E-state index >= 15 is 0 Å². The van der Waals surface area contributed by atoms with Crippen LogP contribution in [0.3, 0.4) is 0 Å². The van der Waals surface area contributed by atoms with Crippen molar-refractivity contribution in [3.8, 4) is 23.1 Å². The maximum absolute atomic E-state index is 13.3. The van der Waals surface area contributed by atoms with Crippen LogP contribution >= 0.6 is 11.8 Å². The van der Waals surface area contributed by atoms with Gasteiger partial charge in [0.2, 0.25) is 0 Å². The lowest BCUT2D eigenvalue weighted by Gasteiger charge is -2.17. The highest BCUT2D eigenvalue weighted by molar-refractivity contribution is 8.00. The number of aromatic nitrogens is 1. The first-order valence-electron chi connectivity index (χ1n) is 8.89. The molecule has 0 saturated heterocycles. The quantitative estimate of drug-likeness (QED) is 0.675. The van der Waals surface area contributed by atoms with Gasteiger partial charge < -0.3 is 20.2 Å². The average Bonchev–Trinajstić information content (AvgIpc) is 3.35. The number of para-hydroxylation sites is 2. The van der Waals surface area contributed by atoms with Gasteiger partial charge in [0.25, 0.3) is 5.91 Å². The van der Waals surface area contributed by atoms with E-state index in [1.54, 1.807) is 38.3 Å². The first kappa shape index (κ1) is 19.1. The molecule has 2 aromatic heterocycles. The van der Waals surface area contributed by atoms with Crippen LogP contribution in [0.5, 0.6) is 5.75 Å². The number of ether oxygens (including phenoxy) is 1. The van der Waals surface area contributed by atoms with Gasteiger partial charge in [0, 0.05) is 11.1 Å². The van der Waals surface area contributed by atoms with E-state index in [1.165, 1.54) is 18.0 Å². The van der Waals surface area contributed by atoms with Crippen molar-refractivity contribution in [3.05, 3.63) is 59.5 Å². The predicted molar refractivity (Wildman–Crippen MR) is 110 cm³/mol. The number of carbonyl (C=O) groups excluding carboxylic acids is 1. The Morgan fingerprint density at radius 2 is 2.14 bits per heavy atom. The van der Waals surface area contributed by atoms with Crippen molar-refractivity contribution in [3.63, 3.8) is 0 Å². The highest BCUT2D eigenvalue weighted by atomic mass is 32.2. The van der Waals surface area contributed by atoms with Gasteiger partial charge in [-0.3, -0.25) is 4.79 Å². The third-order valence-corrected chi connectivity index (χ3v) is 5.94. The molecular formula is C21H18N4O3S. The van der Waals surface area contributed by atoms with Crippen LogP contribution in [0.15, 0.2) is 52.1 Å². The molecule has 29 heavy (non-hydrogen) atoms. The van der Waals surface area contributed by atoms with E-state index in [-0.39, 0.29) is 5.91 Å². The van der Waals surface area contributed by atoms with Gasteiger partial charge in [0.15, 0.2) is 0 Å². The highest BCUT2D eigenvalue weighted by Crippen LogP contribution is 2.48. The van der Waals surface area contributed by atoms with Gasteiger partial charge in [0.05, 0.1) is 42.4 Å². The number of thioether (sulfide) groups is 1. The van der Waals surface area contributed by atoms with E-state index in [2.05, 4.69) is 16.4 Å². The molecule has 0 spiro atoms. The Labute approximate surface area is 171 Å². The Kier molecular flexibility index (Phi) is 5.01. The molecule has 1 amide bonds. The van der Waals surface area contributed by atoms with Gasteiger partial charge in [0.1, 0.15) is 21.8 Å². The van der Waals surface area contributed by atoms with Crippen molar-refractivity contribution in [2.24, 2.45) is 5.73 Å². The van der Waals surface area contributed by atoms with E-state index in [0.717, 1.165) is 0 Å². The van der Waals surface area contributed by atoms with Gasteiger partial charge >= 0.3 is 0 Å². The molecule has 0 bridgehead atoms. The summed E-state index contributed by atoms with van der Waals surface area (Å²) in [6.07, 6.45) is 1.54.